The van der Waals surface area contributed by atoms with E-state index in [1.54, 1.807) is 25.3 Å². The molecule has 2 aromatic rings. The van der Waals surface area contributed by atoms with Gasteiger partial charge in [0.1, 0.15) is 11.5 Å². The Labute approximate surface area is 106 Å². The number of hydrogen-bond acceptors (Lipinski definition) is 3. The second kappa shape index (κ2) is 4.92. The molecule has 92 valence electrons. The Morgan fingerprint density at radius 2 is 1.72 bits per heavy atom. The number of ether oxygens (including phenoxy) is 1. The number of aryl methyl sites for hydroxylation is 1. The molecule has 0 bridgehead atoms. The average Bonchev–Trinajstić information content (AvgIpc) is 2.38. The molecule has 2 aromatic carbocycles. The fraction of sp³-hybridized carbons (Fsp3) is 0.133. The molecule has 0 radical (unpaired) electrons. The third-order valence-electron chi connectivity index (χ3n) is 2.68. The summed E-state index contributed by atoms with van der Waals surface area (Å²) in [6.07, 6.45) is 0. The van der Waals surface area contributed by atoms with Crippen molar-refractivity contribution in [3.05, 3.63) is 59.2 Å². The van der Waals surface area contributed by atoms with Gasteiger partial charge in [0.15, 0.2) is 5.78 Å². The van der Waals surface area contributed by atoms with E-state index in [2.05, 4.69) is 0 Å². The Hall–Kier alpha value is -2.29. The van der Waals surface area contributed by atoms with Crippen molar-refractivity contribution in [1.29, 1.82) is 0 Å². The molecule has 0 saturated heterocycles. The Bertz CT molecular complexity index is 571. The maximum Gasteiger partial charge on any atom is 0.193 e. The minimum atomic E-state index is -0.0861. The second-order valence-electron chi connectivity index (χ2n) is 4.11. The van der Waals surface area contributed by atoms with Gasteiger partial charge in [-0.1, -0.05) is 0 Å². The van der Waals surface area contributed by atoms with Crippen LogP contribution in [0.1, 0.15) is 21.5 Å². The fourth-order valence-corrected chi connectivity index (χ4v) is 1.78. The molecule has 0 heterocycles. The quantitative estimate of drug-likeness (QED) is 0.842. The molecule has 2 rings (SSSR count). The number of methoxy groups -OCH3 is 1. The topological polar surface area (TPSA) is 46.5 Å². The molecule has 0 aliphatic rings. The Morgan fingerprint density at radius 1 is 1.06 bits per heavy atom. The van der Waals surface area contributed by atoms with E-state index in [0.717, 1.165) is 5.56 Å². The highest BCUT2D eigenvalue weighted by Gasteiger charge is 2.10. The van der Waals surface area contributed by atoms with Crippen LogP contribution < -0.4 is 4.74 Å². The van der Waals surface area contributed by atoms with Crippen LogP contribution in [0, 0.1) is 6.92 Å². The number of hydrogen-bond donors (Lipinski definition) is 1. The first kappa shape index (κ1) is 12.2. The third kappa shape index (κ3) is 2.51. The minimum absolute atomic E-state index is 0.0861. The van der Waals surface area contributed by atoms with Crippen LogP contribution in [0.15, 0.2) is 42.5 Å². The van der Waals surface area contributed by atoms with Crippen molar-refractivity contribution in [2.75, 3.05) is 7.11 Å². The van der Waals surface area contributed by atoms with Crippen LogP contribution in [0.2, 0.25) is 0 Å². The van der Waals surface area contributed by atoms with Crippen molar-refractivity contribution in [3.8, 4) is 11.5 Å². The highest BCUT2D eigenvalue weighted by molar-refractivity contribution is 6.09. The van der Waals surface area contributed by atoms with Crippen LogP contribution in [-0.4, -0.2) is 18.0 Å². The van der Waals surface area contributed by atoms with Gasteiger partial charge in [0, 0.05) is 11.1 Å². The Balaban J connectivity index is 2.39. The third-order valence-corrected chi connectivity index (χ3v) is 2.68. The van der Waals surface area contributed by atoms with E-state index >= 15 is 0 Å². The summed E-state index contributed by atoms with van der Waals surface area (Å²) in [7, 11) is 1.57. The molecule has 3 nitrogen and oxygen atoms in total. The molecule has 1 N–H and O–H groups in total. The zero-order chi connectivity index (χ0) is 13.1. The molecule has 3 heteroatoms. The summed E-state index contributed by atoms with van der Waals surface area (Å²) in [5, 5.41) is 9.20. The number of phenols is 1. The van der Waals surface area contributed by atoms with Gasteiger partial charge in [-0.2, -0.15) is 0 Å². The molecule has 0 aliphatic heterocycles. The maximum absolute atomic E-state index is 12.2. The summed E-state index contributed by atoms with van der Waals surface area (Å²) in [5.41, 5.74) is 2.09. The summed E-state index contributed by atoms with van der Waals surface area (Å²) < 4.78 is 5.15. The van der Waals surface area contributed by atoms with Crippen LogP contribution >= 0.6 is 0 Å². The van der Waals surface area contributed by atoms with Gasteiger partial charge in [0.05, 0.1) is 7.11 Å². The van der Waals surface area contributed by atoms with E-state index in [1.807, 2.05) is 19.1 Å². The van der Waals surface area contributed by atoms with E-state index in [0.29, 0.717) is 16.9 Å². The summed E-state index contributed by atoms with van der Waals surface area (Å²) in [5.74, 6) is 0.725. The molecule has 0 amide bonds. The fourth-order valence-electron chi connectivity index (χ4n) is 1.78. The van der Waals surface area contributed by atoms with Gasteiger partial charge in [-0.05, 0) is 55.0 Å². The van der Waals surface area contributed by atoms with Crippen LogP contribution in [0.4, 0.5) is 0 Å². The molecule has 0 saturated carbocycles. The number of ketones is 1. The van der Waals surface area contributed by atoms with Crippen LogP contribution in [-0.2, 0) is 0 Å². The van der Waals surface area contributed by atoms with Crippen LogP contribution in [0.25, 0.3) is 0 Å². The van der Waals surface area contributed by atoms with Gasteiger partial charge < -0.3 is 9.84 Å². The molecule has 18 heavy (non-hydrogen) atoms. The van der Waals surface area contributed by atoms with Crippen molar-refractivity contribution in [2.24, 2.45) is 0 Å². The van der Waals surface area contributed by atoms with Crippen molar-refractivity contribution in [1.82, 2.24) is 0 Å². The summed E-state index contributed by atoms with van der Waals surface area (Å²) in [6, 6.07) is 11.6. The van der Waals surface area contributed by atoms with Gasteiger partial charge in [0.2, 0.25) is 0 Å². The molecule has 0 spiro atoms. The molecule has 0 fully saturated rings. The first-order chi connectivity index (χ1) is 8.60. The zero-order valence-electron chi connectivity index (χ0n) is 10.3. The number of phenolic OH excluding ortho intramolecular Hbond substituents is 1. The predicted molar refractivity (Wildman–Crippen MR) is 69.3 cm³/mol. The highest BCUT2D eigenvalue weighted by atomic mass is 16.5. The largest absolute Gasteiger partial charge is 0.508 e. The van der Waals surface area contributed by atoms with Crippen molar-refractivity contribution >= 4 is 5.78 Å². The summed E-state index contributed by atoms with van der Waals surface area (Å²) in [4.78, 5) is 12.2. The van der Waals surface area contributed by atoms with E-state index in [4.69, 9.17) is 4.74 Å². The van der Waals surface area contributed by atoms with Gasteiger partial charge >= 0.3 is 0 Å². The number of carbonyl (C=O) groups is 1. The van der Waals surface area contributed by atoms with Crippen LogP contribution in [0.5, 0.6) is 11.5 Å². The van der Waals surface area contributed by atoms with Gasteiger partial charge in [-0.15, -0.1) is 0 Å². The minimum Gasteiger partial charge on any atom is -0.508 e. The smallest absolute Gasteiger partial charge is 0.193 e. The molecule has 0 unspecified atom stereocenters. The lowest BCUT2D eigenvalue weighted by molar-refractivity contribution is 0.103. The zero-order valence-corrected chi connectivity index (χ0v) is 10.3. The molecular weight excluding hydrogens is 228 g/mol. The van der Waals surface area contributed by atoms with Crippen molar-refractivity contribution in [3.63, 3.8) is 0 Å². The number of aromatic hydroxyl groups is 1. The average molecular weight is 242 g/mol. The lowest BCUT2D eigenvalue weighted by atomic mass is 10.0. The van der Waals surface area contributed by atoms with E-state index in [9.17, 15) is 9.90 Å². The first-order valence-corrected chi connectivity index (χ1v) is 5.59. The predicted octanol–water partition coefficient (Wildman–Crippen LogP) is 2.94. The normalized spacial score (nSPS) is 10.1. The van der Waals surface area contributed by atoms with E-state index in [-0.39, 0.29) is 11.5 Å². The van der Waals surface area contributed by atoms with Crippen molar-refractivity contribution < 1.29 is 14.6 Å². The van der Waals surface area contributed by atoms with Gasteiger partial charge in [-0.3, -0.25) is 4.79 Å². The Morgan fingerprint density at radius 3 is 2.33 bits per heavy atom. The standard InChI is InChI=1S/C15H14O3/c1-10-7-12(9-14(8-10)18-2)15(17)11-3-5-13(16)6-4-11/h3-9,16H,1-2H3. The molecule has 0 aliphatic carbocycles. The van der Waals surface area contributed by atoms with Gasteiger partial charge in [-0.25, -0.2) is 0 Å². The van der Waals surface area contributed by atoms with Crippen molar-refractivity contribution in [2.45, 2.75) is 6.92 Å². The monoisotopic (exact) mass is 242 g/mol. The molecule has 0 aromatic heterocycles. The first-order valence-electron chi connectivity index (χ1n) is 5.59. The van der Waals surface area contributed by atoms with Crippen LogP contribution in [0.3, 0.4) is 0 Å². The Kier molecular flexibility index (Phi) is 3.33. The SMILES string of the molecule is COc1cc(C)cc(C(=O)c2ccc(O)cc2)c1. The van der Waals surface area contributed by atoms with E-state index < -0.39 is 0 Å². The number of rotatable bonds is 3. The molecular formula is C15H14O3. The second-order valence-corrected chi connectivity index (χ2v) is 4.11. The number of carbonyl (C=O) groups excluding carboxylic acids is 1. The highest BCUT2D eigenvalue weighted by Crippen LogP contribution is 2.20. The van der Waals surface area contributed by atoms with Gasteiger partial charge in [0.25, 0.3) is 0 Å². The molecule has 0 atom stereocenters. The summed E-state index contributed by atoms with van der Waals surface area (Å²) >= 11 is 0. The maximum atomic E-state index is 12.2. The lowest BCUT2D eigenvalue weighted by Crippen LogP contribution is -2.02. The van der Waals surface area contributed by atoms with E-state index in [1.165, 1.54) is 12.1 Å². The number of benzene rings is 2. The lowest BCUT2D eigenvalue weighted by Gasteiger charge is -2.06. The summed E-state index contributed by atoms with van der Waals surface area (Å²) in [6.45, 7) is 1.91.